The molecule has 0 fully saturated rings. The third-order valence-electron chi connectivity index (χ3n) is 1.88. The SMILES string of the molecule is CCNC(=O)C=Cc1ccc([N+](=O)[O-])cc1. The monoisotopic (exact) mass is 220 g/mol. The van der Waals surface area contributed by atoms with Crippen molar-refractivity contribution in [1.82, 2.24) is 5.32 Å². The fraction of sp³-hybridized carbons (Fsp3) is 0.182. The second-order valence-corrected chi connectivity index (χ2v) is 3.08. The van der Waals surface area contributed by atoms with Gasteiger partial charge in [-0.1, -0.05) is 0 Å². The van der Waals surface area contributed by atoms with Crippen LogP contribution in [0.25, 0.3) is 6.08 Å². The molecule has 0 aliphatic rings. The van der Waals surface area contributed by atoms with E-state index in [1.165, 1.54) is 18.2 Å². The summed E-state index contributed by atoms with van der Waals surface area (Å²) in [7, 11) is 0. The minimum Gasteiger partial charge on any atom is -0.353 e. The Bertz CT molecular complexity index is 410. The highest BCUT2D eigenvalue weighted by molar-refractivity contribution is 5.91. The van der Waals surface area contributed by atoms with Crippen LogP contribution in [0.1, 0.15) is 12.5 Å². The number of amides is 1. The van der Waals surface area contributed by atoms with Crippen molar-refractivity contribution in [3.8, 4) is 0 Å². The van der Waals surface area contributed by atoms with Crippen molar-refractivity contribution in [3.63, 3.8) is 0 Å². The fourth-order valence-electron chi connectivity index (χ4n) is 1.11. The van der Waals surface area contributed by atoms with E-state index in [2.05, 4.69) is 5.32 Å². The summed E-state index contributed by atoms with van der Waals surface area (Å²) in [5, 5.41) is 13.0. The van der Waals surface area contributed by atoms with Gasteiger partial charge >= 0.3 is 0 Å². The maximum Gasteiger partial charge on any atom is 0.269 e. The van der Waals surface area contributed by atoms with Gasteiger partial charge in [-0.3, -0.25) is 14.9 Å². The molecule has 1 rings (SSSR count). The number of benzene rings is 1. The Labute approximate surface area is 92.9 Å². The van der Waals surface area contributed by atoms with E-state index in [-0.39, 0.29) is 11.6 Å². The second-order valence-electron chi connectivity index (χ2n) is 3.08. The minimum atomic E-state index is -0.461. The lowest BCUT2D eigenvalue weighted by Crippen LogP contribution is -2.19. The summed E-state index contributed by atoms with van der Waals surface area (Å²) in [6, 6.07) is 5.98. The van der Waals surface area contributed by atoms with Crippen LogP contribution in [0.15, 0.2) is 30.3 Å². The molecule has 0 aliphatic heterocycles. The smallest absolute Gasteiger partial charge is 0.269 e. The van der Waals surface area contributed by atoms with Gasteiger partial charge in [-0.2, -0.15) is 0 Å². The first-order chi connectivity index (χ1) is 7.63. The molecule has 1 aromatic rings. The third kappa shape index (κ3) is 3.53. The van der Waals surface area contributed by atoms with E-state index < -0.39 is 4.92 Å². The average Bonchev–Trinajstić information content (AvgIpc) is 2.27. The van der Waals surface area contributed by atoms with Gasteiger partial charge in [-0.15, -0.1) is 0 Å². The largest absolute Gasteiger partial charge is 0.353 e. The van der Waals surface area contributed by atoms with Crippen molar-refractivity contribution in [2.24, 2.45) is 0 Å². The molecule has 0 aromatic heterocycles. The van der Waals surface area contributed by atoms with Crippen LogP contribution in [0.2, 0.25) is 0 Å². The molecule has 5 nitrogen and oxygen atoms in total. The number of rotatable bonds is 4. The van der Waals surface area contributed by atoms with Gasteiger partial charge < -0.3 is 5.32 Å². The van der Waals surface area contributed by atoms with Crippen LogP contribution in [-0.2, 0) is 4.79 Å². The molecule has 0 heterocycles. The molecule has 1 amide bonds. The van der Waals surface area contributed by atoms with Gasteiger partial charge in [-0.25, -0.2) is 0 Å². The number of nitrogens with zero attached hydrogens (tertiary/aromatic N) is 1. The normalized spacial score (nSPS) is 10.3. The summed E-state index contributed by atoms with van der Waals surface area (Å²) >= 11 is 0. The van der Waals surface area contributed by atoms with Crippen molar-refractivity contribution < 1.29 is 9.72 Å². The number of non-ortho nitro benzene ring substituents is 1. The van der Waals surface area contributed by atoms with Crippen molar-refractivity contribution >= 4 is 17.7 Å². The number of carbonyl (C=O) groups is 1. The molecule has 5 heteroatoms. The number of likely N-dealkylation sites (N-methyl/N-ethyl adjacent to an activating group) is 1. The van der Waals surface area contributed by atoms with E-state index in [0.29, 0.717) is 6.54 Å². The molecular weight excluding hydrogens is 208 g/mol. The van der Waals surface area contributed by atoms with Crippen LogP contribution >= 0.6 is 0 Å². The lowest BCUT2D eigenvalue weighted by atomic mass is 10.2. The standard InChI is InChI=1S/C11H12N2O3/c1-2-12-11(14)8-5-9-3-6-10(7-4-9)13(15)16/h3-8H,2H2,1H3,(H,12,14). The van der Waals surface area contributed by atoms with E-state index in [9.17, 15) is 14.9 Å². The first-order valence-electron chi connectivity index (χ1n) is 4.84. The van der Waals surface area contributed by atoms with Gasteiger partial charge in [0.2, 0.25) is 5.91 Å². The lowest BCUT2D eigenvalue weighted by Gasteiger charge is -1.95. The molecule has 84 valence electrons. The zero-order valence-corrected chi connectivity index (χ0v) is 8.84. The molecule has 16 heavy (non-hydrogen) atoms. The van der Waals surface area contributed by atoms with Crippen LogP contribution in [0.4, 0.5) is 5.69 Å². The second kappa shape index (κ2) is 5.65. The highest BCUT2D eigenvalue weighted by atomic mass is 16.6. The number of hydrogen-bond acceptors (Lipinski definition) is 3. The number of nitro groups is 1. The lowest BCUT2D eigenvalue weighted by molar-refractivity contribution is -0.384. The first-order valence-corrected chi connectivity index (χ1v) is 4.84. The van der Waals surface area contributed by atoms with Crippen LogP contribution in [0, 0.1) is 10.1 Å². The number of nitrogens with one attached hydrogen (secondary N) is 1. The third-order valence-corrected chi connectivity index (χ3v) is 1.88. The van der Waals surface area contributed by atoms with Crippen molar-refractivity contribution in [1.29, 1.82) is 0 Å². The Kier molecular flexibility index (Phi) is 4.20. The predicted molar refractivity (Wildman–Crippen MR) is 60.8 cm³/mol. The topological polar surface area (TPSA) is 72.2 Å². The molecule has 0 saturated carbocycles. The molecule has 0 saturated heterocycles. The maximum atomic E-state index is 11.1. The first kappa shape index (κ1) is 11.9. The van der Waals surface area contributed by atoms with Crippen LogP contribution in [0.5, 0.6) is 0 Å². The Morgan fingerprint density at radius 1 is 1.44 bits per heavy atom. The zero-order valence-electron chi connectivity index (χ0n) is 8.84. The molecule has 0 radical (unpaired) electrons. The van der Waals surface area contributed by atoms with E-state index in [0.717, 1.165) is 5.56 Å². The summed E-state index contributed by atoms with van der Waals surface area (Å²) in [6.45, 7) is 2.40. The van der Waals surface area contributed by atoms with Gasteiger partial charge in [-0.05, 0) is 30.7 Å². The summed E-state index contributed by atoms with van der Waals surface area (Å²) in [5.74, 6) is -0.180. The fourth-order valence-corrected chi connectivity index (χ4v) is 1.11. The molecule has 0 atom stereocenters. The minimum absolute atomic E-state index is 0.0372. The number of hydrogen-bond donors (Lipinski definition) is 1. The molecular formula is C11H12N2O3. The Morgan fingerprint density at radius 3 is 2.56 bits per heavy atom. The zero-order chi connectivity index (χ0) is 12.0. The summed E-state index contributed by atoms with van der Waals surface area (Å²) < 4.78 is 0. The van der Waals surface area contributed by atoms with Crippen molar-refractivity contribution in [2.75, 3.05) is 6.54 Å². The molecule has 0 aliphatic carbocycles. The van der Waals surface area contributed by atoms with Gasteiger partial charge in [0.25, 0.3) is 5.69 Å². The van der Waals surface area contributed by atoms with Crippen LogP contribution < -0.4 is 5.32 Å². The van der Waals surface area contributed by atoms with Gasteiger partial charge in [0.1, 0.15) is 0 Å². The molecule has 0 bridgehead atoms. The van der Waals surface area contributed by atoms with Crippen LogP contribution in [-0.4, -0.2) is 17.4 Å². The van der Waals surface area contributed by atoms with Gasteiger partial charge in [0.05, 0.1) is 4.92 Å². The number of nitro benzene ring substituents is 1. The predicted octanol–water partition coefficient (Wildman–Crippen LogP) is 1.74. The number of carbonyl (C=O) groups excluding carboxylic acids is 1. The molecule has 1 N–H and O–H groups in total. The van der Waals surface area contributed by atoms with Gasteiger partial charge in [0, 0.05) is 24.8 Å². The van der Waals surface area contributed by atoms with Gasteiger partial charge in [0.15, 0.2) is 0 Å². The quantitative estimate of drug-likeness (QED) is 0.477. The average molecular weight is 220 g/mol. The Balaban J connectivity index is 2.68. The van der Waals surface area contributed by atoms with Crippen molar-refractivity contribution in [2.45, 2.75) is 6.92 Å². The highest BCUT2D eigenvalue weighted by Gasteiger charge is 2.02. The summed E-state index contributed by atoms with van der Waals surface area (Å²) in [4.78, 5) is 21.0. The Morgan fingerprint density at radius 2 is 2.06 bits per heavy atom. The molecule has 1 aromatic carbocycles. The molecule has 0 unspecified atom stereocenters. The van der Waals surface area contributed by atoms with E-state index >= 15 is 0 Å². The highest BCUT2D eigenvalue weighted by Crippen LogP contribution is 2.12. The van der Waals surface area contributed by atoms with Crippen molar-refractivity contribution in [3.05, 3.63) is 46.0 Å². The van der Waals surface area contributed by atoms with Crippen LogP contribution in [0.3, 0.4) is 0 Å². The maximum absolute atomic E-state index is 11.1. The Hall–Kier alpha value is -2.17. The van der Waals surface area contributed by atoms with E-state index in [1.54, 1.807) is 18.2 Å². The van der Waals surface area contributed by atoms with E-state index in [1.807, 2.05) is 6.92 Å². The molecule has 0 spiro atoms. The summed E-state index contributed by atoms with van der Waals surface area (Å²) in [5.41, 5.74) is 0.784. The summed E-state index contributed by atoms with van der Waals surface area (Å²) in [6.07, 6.45) is 3.00. The van der Waals surface area contributed by atoms with E-state index in [4.69, 9.17) is 0 Å².